The Morgan fingerprint density at radius 1 is 1.04 bits per heavy atom. The molecule has 2 aliphatic heterocycles. The Morgan fingerprint density at radius 3 is 2.30 bits per heavy atom. The quantitative estimate of drug-likeness (QED) is 0.755. The van der Waals surface area contributed by atoms with Crippen LogP contribution in [0.3, 0.4) is 0 Å². The molecule has 4 rings (SSSR count). The van der Waals surface area contributed by atoms with Crippen molar-refractivity contribution in [1.29, 1.82) is 0 Å². The van der Waals surface area contributed by atoms with Crippen LogP contribution in [0.1, 0.15) is 39.3 Å². The van der Waals surface area contributed by atoms with Gasteiger partial charge in [-0.1, -0.05) is 12.1 Å². The topological polar surface area (TPSA) is 80.1 Å². The van der Waals surface area contributed by atoms with Gasteiger partial charge in [-0.05, 0) is 37.1 Å². The van der Waals surface area contributed by atoms with Gasteiger partial charge in [-0.15, -0.1) is 0 Å². The SMILES string of the molecule is O=C1c2ccccc2C(=O)N1CC(=O)N(Cc1ccco1)C1CCOCC1. The highest BCUT2D eigenvalue weighted by atomic mass is 16.5. The van der Waals surface area contributed by atoms with Crippen LogP contribution in [-0.4, -0.2) is 53.3 Å². The van der Waals surface area contributed by atoms with Crippen LogP contribution in [0.25, 0.3) is 0 Å². The average Bonchev–Trinajstić information content (AvgIpc) is 3.30. The zero-order valence-corrected chi connectivity index (χ0v) is 14.8. The summed E-state index contributed by atoms with van der Waals surface area (Å²) in [6, 6.07) is 10.2. The first-order valence-electron chi connectivity index (χ1n) is 9.00. The number of ether oxygens (including phenoxy) is 1. The average molecular weight is 368 g/mol. The molecule has 1 aromatic carbocycles. The number of hydrogen-bond acceptors (Lipinski definition) is 5. The minimum absolute atomic E-state index is 0.00784. The van der Waals surface area contributed by atoms with Crippen molar-refractivity contribution in [3.8, 4) is 0 Å². The van der Waals surface area contributed by atoms with Crippen LogP contribution in [0.15, 0.2) is 47.1 Å². The Bertz CT molecular complexity index is 820. The normalized spacial score (nSPS) is 17.3. The molecule has 0 atom stereocenters. The molecule has 27 heavy (non-hydrogen) atoms. The van der Waals surface area contributed by atoms with E-state index in [0.29, 0.717) is 49.5 Å². The highest BCUT2D eigenvalue weighted by Gasteiger charge is 2.38. The van der Waals surface area contributed by atoms with E-state index in [9.17, 15) is 14.4 Å². The Balaban J connectivity index is 1.53. The van der Waals surface area contributed by atoms with E-state index in [2.05, 4.69) is 0 Å². The third-order valence-corrected chi connectivity index (χ3v) is 5.03. The molecule has 0 bridgehead atoms. The van der Waals surface area contributed by atoms with Gasteiger partial charge in [0.2, 0.25) is 5.91 Å². The van der Waals surface area contributed by atoms with Gasteiger partial charge in [-0.3, -0.25) is 19.3 Å². The molecule has 1 fully saturated rings. The molecule has 7 heteroatoms. The van der Waals surface area contributed by atoms with E-state index in [1.165, 1.54) is 0 Å². The molecule has 0 unspecified atom stereocenters. The predicted molar refractivity (Wildman–Crippen MR) is 94.9 cm³/mol. The standard InChI is InChI=1S/C20H20N2O5/c23-18(13-22-19(24)16-5-1-2-6-17(16)20(22)25)21(12-15-4-3-9-27-15)14-7-10-26-11-8-14/h1-6,9,14H,7-8,10-13H2. The summed E-state index contributed by atoms with van der Waals surface area (Å²) in [6.07, 6.45) is 3.00. The monoisotopic (exact) mass is 368 g/mol. The first kappa shape index (κ1) is 17.5. The van der Waals surface area contributed by atoms with Crippen molar-refractivity contribution < 1.29 is 23.5 Å². The summed E-state index contributed by atoms with van der Waals surface area (Å²) >= 11 is 0. The van der Waals surface area contributed by atoms with Gasteiger partial charge in [-0.2, -0.15) is 0 Å². The maximum absolute atomic E-state index is 13.1. The summed E-state index contributed by atoms with van der Waals surface area (Å²) in [5, 5.41) is 0. The second-order valence-corrected chi connectivity index (χ2v) is 6.69. The Morgan fingerprint density at radius 2 is 1.70 bits per heavy atom. The van der Waals surface area contributed by atoms with Crippen molar-refractivity contribution in [3.63, 3.8) is 0 Å². The highest BCUT2D eigenvalue weighted by molar-refractivity contribution is 6.22. The second-order valence-electron chi connectivity index (χ2n) is 6.69. The molecule has 3 amide bonds. The largest absolute Gasteiger partial charge is 0.467 e. The smallest absolute Gasteiger partial charge is 0.262 e. The molecule has 1 saturated heterocycles. The lowest BCUT2D eigenvalue weighted by Gasteiger charge is -2.34. The Kier molecular flexibility index (Phi) is 4.77. The first-order valence-corrected chi connectivity index (χ1v) is 9.00. The number of benzene rings is 1. The fourth-order valence-corrected chi connectivity index (χ4v) is 3.60. The van der Waals surface area contributed by atoms with E-state index >= 15 is 0 Å². The number of carbonyl (C=O) groups is 3. The molecule has 2 aromatic rings. The van der Waals surface area contributed by atoms with Crippen molar-refractivity contribution in [3.05, 3.63) is 59.5 Å². The highest BCUT2D eigenvalue weighted by Crippen LogP contribution is 2.24. The van der Waals surface area contributed by atoms with Gasteiger partial charge >= 0.3 is 0 Å². The number of amides is 3. The molecule has 0 spiro atoms. The van der Waals surface area contributed by atoms with Crippen molar-refractivity contribution in [2.75, 3.05) is 19.8 Å². The van der Waals surface area contributed by atoms with Gasteiger partial charge < -0.3 is 14.1 Å². The molecule has 2 aliphatic rings. The molecule has 1 aromatic heterocycles. The third kappa shape index (κ3) is 3.38. The number of fused-ring (bicyclic) bond motifs is 1. The fourth-order valence-electron chi connectivity index (χ4n) is 3.60. The lowest BCUT2D eigenvalue weighted by Crippen LogP contribution is -2.48. The van der Waals surface area contributed by atoms with Crippen LogP contribution in [-0.2, 0) is 16.1 Å². The number of nitrogens with zero attached hydrogens (tertiary/aromatic N) is 2. The summed E-state index contributed by atoms with van der Waals surface area (Å²) in [5.41, 5.74) is 0.693. The number of furan rings is 1. The second kappa shape index (κ2) is 7.36. The Labute approximate surface area is 156 Å². The lowest BCUT2D eigenvalue weighted by molar-refractivity contribution is -0.136. The van der Waals surface area contributed by atoms with Crippen molar-refractivity contribution >= 4 is 17.7 Å². The van der Waals surface area contributed by atoms with Gasteiger partial charge in [0.25, 0.3) is 11.8 Å². The van der Waals surface area contributed by atoms with Crippen LogP contribution >= 0.6 is 0 Å². The lowest BCUT2D eigenvalue weighted by atomic mass is 10.1. The van der Waals surface area contributed by atoms with E-state index in [1.54, 1.807) is 41.5 Å². The molecule has 0 saturated carbocycles. The van der Waals surface area contributed by atoms with Gasteiger partial charge in [0.05, 0.1) is 23.9 Å². The van der Waals surface area contributed by atoms with E-state index in [1.807, 2.05) is 6.07 Å². The molecule has 0 aliphatic carbocycles. The predicted octanol–water partition coefficient (Wildman–Crippen LogP) is 2.08. The number of rotatable bonds is 5. The molecule has 3 heterocycles. The number of imide groups is 1. The van der Waals surface area contributed by atoms with Crippen LogP contribution in [0.2, 0.25) is 0 Å². The minimum atomic E-state index is -0.422. The van der Waals surface area contributed by atoms with Crippen LogP contribution < -0.4 is 0 Å². The zero-order valence-electron chi connectivity index (χ0n) is 14.8. The summed E-state index contributed by atoms with van der Waals surface area (Å²) in [7, 11) is 0. The van der Waals surface area contributed by atoms with Crippen molar-refractivity contribution in [2.24, 2.45) is 0 Å². The van der Waals surface area contributed by atoms with Gasteiger partial charge in [0.15, 0.2) is 0 Å². The van der Waals surface area contributed by atoms with Crippen molar-refractivity contribution in [1.82, 2.24) is 9.80 Å². The van der Waals surface area contributed by atoms with Gasteiger partial charge in [0.1, 0.15) is 12.3 Å². The van der Waals surface area contributed by atoms with Crippen LogP contribution in [0.4, 0.5) is 0 Å². The van der Waals surface area contributed by atoms with Crippen molar-refractivity contribution in [2.45, 2.75) is 25.4 Å². The molecule has 0 N–H and O–H groups in total. The maximum Gasteiger partial charge on any atom is 0.262 e. The van der Waals surface area contributed by atoms with E-state index in [4.69, 9.17) is 9.15 Å². The van der Waals surface area contributed by atoms with E-state index in [0.717, 1.165) is 4.90 Å². The van der Waals surface area contributed by atoms with Gasteiger partial charge in [0, 0.05) is 19.3 Å². The van der Waals surface area contributed by atoms with E-state index in [-0.39, 0.29) is 18.5 Å². The summed E-state index contributed by atoms with van der Waals surface area (Å²) in [5.74, 6) is -0.451. The molecular formula is C20H20N2O5. The molecule has 7 nitrogen and oxygen atoms in total. The van der Waals surface area contributed by atoms with Gasteiger partial charge in [-0.25, -0.2) is 0 Å². The third-order valence-electron chi connectivity index (χ3n) is 5.03. The maximum atomic E-state index is 13.1. The summed E-state index contributed by atoms with van der Waals surface area (Å²) in [4.78, 5) is 40.9. The molecule has 140 valence electrons. The Hall–Kier alpha value is -2.93. The first-order chi connectivity index (χ1) is 13.1. The van der Waals surface area contributed by atoms with Crippen LogP contribution in [0.5, 0.6) is 0 Å². The molecule has 0 radical (unpaired) electrons. The number of hydrogen-bond donors (Lipinski definition) is 0. The number of carbonyl (C=O) groups excluding carboxylic acids is 3. The summed E-state index contributed by atoms with van der Waals surface area (Å²) < 4.78 is 10.8. The molecular weight excluding hydrogens is 348 g/mol. The summed E-state index contributed by atoms with van der Waals surface area (Å²) in [6.45, 7) is 1.20. The zero-order chi connectivity index (χ0) is 18.8. The van der Waals surface area contributed by atoms with Crippen LogP contribution in [0, 0.1) is 0 Å². The minimum Gasteiger partial charge on any atom is -0.467 e. The fraction of sp³-hybridized carbons (Fsp3) is 0.350. The van der Waals surface area contributed by atoms with E-state index < -0.39 is 11.8 Å².